The van der Waals surface area contributed by atoms with Crippen LogP contribution in [-0.4, -0.2) is 30.1 Å². The van der Waals surface area contributed by atoms with Crippen LogP contribution in [0.3, 0.4) is 0 Å². The summed E-state index contributed by atoms with van der Waals surface area (Å²) in [4.78, 5) is 21.9. The maximum Gasteiger partial charge on any atom is 0.343 e. The summed E-state index contributed by atoms with van der Waals surface area (Å²) in [5, 5.41) is 14.1. The highest BCUT2D eigenvalue weighted by Gasteiger charge is 2.24. The van der Waals surface area contributed by atoms with Gasteiger partial charge in [0.2, 0.25) is 5.91 Å². The van der Waals surface area contributed by atoms with Gasteiger partial charge in [-0.2, -0.15) is 0 Å². The van der Waals surface area contributed by atoms with Gasteiger partial charge in [-0.1, -0.05) is 0 Å². The zero-order chi connectivity index (χ0) is 11.4. The van der Waals surface area contributed by atoms with E-state index in [4.69, 9.17) is 5.11 Å². The van der Waals surface area contributed by atoms with Gasteiger partial charge in [0.05, 0.1) is 6.42 Å². The normalized spacial score (nSPS) is 16.7. The molecule has 15 heavy (non-hydrogen) atoms. The van der Waals surface area contributed by atoms with E-state index in [9.17, 15) is 9.59 Å². The van der Waals surface area contributed by atoms with Crippen LogP contribution in [0.2, 0.25) is 0 Å². The third-order valence-corrected chi connectivity index (χ3v) is 2.53. The van der Waals surface area contributed by atoms with Crippen LogP contribution in [0.4, 0.5) is 0 Å². The number of aliphatic carboxylic acids is 1. The minimum atomic E-state index is -1.14. The lowest BCUT2D eigenvalue weighted by molar-refractivity contribution is -0.131. The van der Waals surface area contributed by atoms with E-state index in [1.54, 1.807) is 7.05 Å². The maximum absolute atomic E-state index is 11.4. The number of amides is 1. The Hall–Kier alpha value is -1.17. The van der Waals surface area contributed by atoms with Crippen LogP contribution < -0.4 is 10.6 Å². The number of thiol groups is 1. The predicted molar refractivity (Wildman–Crippen MR) is 58.5 cm³/mol. The van der Waals surface area contributed by atoms with E-state index in [0.29, 0.717) is 5.70 Å². The van der Waals surface area contributed by atoms with Crippen molar-refractivity contribution in [3.63, 3.8) is 0 Å². The highest BCUT2D eigenvalue weighted by atomic mass is 32.1. The number of rotatable bonds is 5. The Morgan fingerprint density at radius 2 is 2.07 bits per heavy atom. The molecule has 0 aliphatic heterocycles. The molecule has 84 valence electrons. The third kappa shape index (κ3) is 3.83. The first-order chi connectivity index (χ1) is 7.04. The molecule has 1 aliphatic carbocycles. The smallest absolute Gasteiger partial charge is 0.343 e. The van der Waals surface area contributed by atoms with E-state index in [-0.39, 0.29) is 23.3 Å². The molecule has 0 atom stereocenters. The van der Waals surface area contributed by atoms with Gasteiger partial charge in [0.25, 0.3) is 0 Å². The van der Waals surface area contributed by atoms with Crippen molar-refractivity contribution in [1.82, 2.24) is 10.6 Å². The van der Waals surface area contributed by atoms with E-state index in [0.717, 1.165) is 12.8 Å². The number of carboxylic acids is 1. The van der Waals surface area contributed by atoms with Crippen LogP contribution in [0.25, 0.3) is 0 Å². The number of hydrogen-bond acceptors (Lipinski definition) is 4. The van der Waals surface area contributed by atoms with Gasteiger partial charge < -0.3 is 15.7 Å². The fraction of sp³-hybridized carbons (Fsp3) is 0.556. The molecule has 0 saturated heterocycles. The fourth-order valence-electron chi connectivity index (χ4n) is 1.09. The van der Waals surface area contributed by atoms with Crippen LogP contribution in [-0.2, 0) is 9.59 Å². The van der Waals surface area contributed by atoms with E-state index < -0.39 is 5.97 Å². The number of hydrogen-bond donors (Lipinski definition) is 4. The first-order valence-corrected chi connectivity index (χ1v) is 5.11. The largest absolute Gasteiger partial charge is 0.477 e. The Morgan fingerprint density at radius 1 is 1.47 bits per heavy atom. The van der Waals surface area contributed by atoms with Gasteiger partial charge >= 0.3 is 5.97 Å². The summed E-state index contributed by atoms with van der Waals surface area (Å²) in [6.07, 6.45) is 2.05. The van der Waals surface area contributed by atoms with Crippen molar-refractivity contribution in [1.29, 1.82) is 0 Å². The second-order valence-electron chi connectivity index (χ2n) is 3.40. The number of carbonyl (C=O) groups is 2. The summed E-state index contributed by atoms with van der Waals surface area (Å²) in [6, 6.07) is 0.281. The van der Waals surface area contributed by atoms with E-state index in [2.05, 4.69) is 23.3 Å². The quantitative estimate of drug-likeness (QED) is 0.399. The van der Waals surface area contributed by atoms with Crippen molar-refractivity contribution in [3.8, 4) is 0 Å². The van der Waals surface area contributed by atoms with Gasteiger partial charge in [0, 0.05) is 18.8 Å². The Morgan fingerprint density at radius 3 is 2.47 bits per heavy atom. The molecule has 1 amide bonds. The van der Waals surface area contributed by atoms with Crippen LogP contribution in [0.15, 0.2) is 10.6 Å². The first-order valence-electron chi connectivity index (χ1n) is 4.67. The van der Waals surface area contributed by atoms with Crippen molar-refractivity contribution in [2.75, 3.05) is 7.05 Å². The standard InChI is InChI=1S/C9H14N2O3S/c1-10-6(8(15)9(13)14)4-7(12)11-5-2-3-5/h5,10,15H,2-4H2,1H3,(H,11,12)(H,13,14)/b8-6-. The first kappa shape index (κ1) is 11.9. The van der Waals surface area contributed by atoms with Gasteiger partial charge in [0.15, 0.2) is 0 Å². The zero-order valence-electron chi connectivity index (χ0n) is 8.41. The molecule has 3 N–H and O–H groups in total. The van der Waals surface area contributed by atoms with Crippen molar-refractivity contribution >= 4 is 24.5 Å². The van der Waals surface area contributed by atoms with Gasteiger partial charge in [-0.3, -0.25) is 4.79 Å². The van der Waals surface area contributed by atoms with Gasteiger partial charge in [-0.05, 0) is 12.8 Å². The molecule has 1 aliphatic rings. The van der Waals surface area contributed by atoms with Gasteiger partial charge in [0.1, 0.15) is 4.91 Å². The Kier molecular flexibility index (Phi) is 4.02. The van der Waals surface area contributed by atoms with E-state index in [1.807, 2.05) is 0 Å². The molecule has 0 bridgehead atoms. The van der Waals surface area contributed by atoms with Gasteiger partial charge in [-0.25, -0.2) is 4.79 Å². The predicted octanol–water partition coefficient (Wildman–Crippen LogP) is 0.100. The average Bonchev–Trinajstić information content (AvgIpc) is 2.96. The molecular weight excluding hydrogens is 216 g/mol. The van der Waals surface area contributed by atoms with E-state index in [1.165, 1.54) is 0 Å². The lowest BCUT2D eigenvalue weighted by atomic mass is 10.2. The molecule has 0 unspecified atom stereocenters. The summed E-state index contributed by atoms with van der Waals surface area (Å²) in [6.45, 7) is 0. The summed E-state index contributed by atoms with van der Waals surface area (Å²) >= 11 is 3.82. The minimum Gasteiger partial charge on any atom is -0.477 e. The molecule has 0 aromatic rings. The molecule has 0 spiro atoms. The topological polar surface area (TPSA) is 78.4 Å². The fourth-order valence-corrected chi connectivity index (χ4v) is 1.28. The van der Waals surface area contributed by atoms with Gasteiger partial charge in [-0.15, -0.1) is 12.6 Å². The number of carbonyl (C=O) groups excluding carboxylic acids is 1. The lowest BCUT2D eigenvalue weighted by Gasteiger charge is -2.08. The molecule has 0 radical (unpaired) electrons. The van der Waals surface area contributed by atoms with Crippen molar-refractivity contribution in [2.45, 2.75) is 25.3 Å². The highest BCUT2D eigenvalue weighted by molar-refractivity contribution is 7.85. The molecule has 0 aromatic heterocycles. The van der Waals surface area contributed by atoms with Crippen LogP contribution >= 0.6 is 12.6 Å². The highest BCUT2D eigenvalue weighted by Crippen LogP contribution is 2.19. The number of nitrogens with one attached hydrogen (secondary N) is 2. The van der Waals surface area contributed by atoms with Crippen molar-refractivity contribution < 1.29 is 14.7 Å². The van der Waals surface area contributed by atoms with Crippen molar-refractivity contribution in [2.24, 2.45) is 0 Å². The average molecular weight is 230 g/mol. The molecule has 5 nitrogen and oxygen atoms in total. The molecule has 0 heterocycles. The Labute approximate surface area is 93.3 Å². The third-order valence-electron chi connectivity index (χ3n) is 2.07. The molecule has 1 fully saturated rings. The van der Waals surface area contributed by atoms with Crippen LogP contribution in [0, 0.1) is 0 Å². The molecule has 1 saturated carbocycles. The van der Waals surface area contributed by atoms with Crippen molar-refractivity contribution in [3.05, 3.63) is 10.6 Å². The lowest BCUT2D eigenvalue weighted by Crippen LogP contribution is -2.28. The summed E-state index contributed by atoms with van der Waals surface area (Å²) in [7, 11) is 1.57. The SMILES string of the molecule is CN/C(CC(=O)NC1CC1)=C(\S)C(=O)O. The number of carboxylic acid groups (broad SMARTS) is 1. The summed E-state index contributed by atoms with van der Waals surface area (Å²) in [5.74, 6) is -1.31. The molecular formula is C9H14N2O3S. The minimum absolute atomic E-state index is 0.0259. The second kappa shape index (κ2) is 5.06. The molecule has 1 rings (SSSR count). The van der Waals surface area contributed by atoms with E-state index >= 15 is 0 Å². The maximum atomic E-state index is 11.4. The Balaban J connectivity index is 2.54. The molecule has 0 aromatic carbocycles. The monoisotopic (exact) mass is 230 g/mol. The Bertz CT molecular complexity index is 310. The van der Waals surface area contributed by atoms with Crippen LogP contribution in [0.5, 0.6) is 0 Å². The summed E-state index contributed by atoms with van der Waals surface area (Å²) in [5.41, 5.74) is 0.323. The summed E-state index contributed by atoms with van der Waals surface area (Å²) < 4.78 is 0. The zero-order valence-corrected chi connectivity index (χ0v) is 9.30. The molecule has 6 heteroatoms. The second-order valence-corrected chi connectivity index (χ2v) is 3.85. The van der Waals surface area contributed by atoms with Crippen LogP contribution in [0.1, 0.15) is 19.3 Å².